The molecule has 20 heavy (non-hydrogen) atoms. The molecular weight excluding hydrogens is 254 g/mol. The highest BCUT2D eigenvalue weighted by Gasteiger charge is 2.26. The summed E-state index contributed by atoms with van der Waals surface area (Å²) in [5.74, 6) is 0.782. The van der Waals surface area contributed by atoms with E-state index in [4.69, 9.17) is 4.52 Å². The number of nitrogens with zero attached hydrogens (tertiary/aromatic N) is 2. The Bertz CT molecular complexity index is 468. The van der Waals surface area contributed by atoms with Gasteiger partial charge in [0, 0.05) is 18.5 Å². The van der Waals surface area contributed by atoms with Crippen LogP contribution in [-0.2, 0) is 0 Å². The van der Waals surface area contributed by atoms with Crippen LogP contribution in [0.4, 0.5) is 0 Å². The molecule has 1 aromatic rings. The summed E-state index contributed by atoms with van der Waals surface area (Å²) >= 11 is 0. The number of nitrogens with one attached hydrogen (secondary N) is 1. The molecule has 1 atom stereocenters. The van der Waals surface area contributed by atoms with Crippen LogP contribution < -0.4 is 5.32 Å². The number of amides is 1. The summed E-state index contributed by atoms with van der Waals surface area (Å²) in [6.45, 7) is 10.9. The van der Waals surface area contributed by atoms with E-state index < -0.39 is 0 Å². The van der Waals surface area contributed by atoms with Crippen LogP contribution in [0.15, 0.2) is 4.52 Å². The molecule has 1 aliphatic heterocycles. The molecule has 1 saturated heterocycles. The number of carbonyl (C=O) groups excluding carboxylic acids is 1. The van der Waals surface area contributed by atoms with E-state index in [1.807, 2.05) is 20.8 Å². The molecule has 0 spiro atoms. The lowest BCUT2D eigenvalue weighted by atomic mass is 10.0. The van der Waals surface area contributed by atoms with Gasteiger partial charge in [0.1, 0.15) is 5.56 Å². The lowest BCUT2D eigenvalue weighted by Gasteiger charge is -2.22. The second-order valence-electron chi connectivity index (χ2n) is 5.80. The highest BCUT2D eigenvalue weighted by Crippen LogP contribution is 2.22. The lowest BCUT2D eigenvalue weighted by molar-refractivity contribution is 0.0938. The predicted molar refractivity (Wildman–Crippen MR) is 77.9 cm³/mol. The number of aromatic nitrogens is 1. The Kier molecular flexibility index (Phi) is 4.81. The standard InChI is InChI=1S/C15H25N3O2/c1-5-18-8-6-7-12(18)9-16-15(19)13-11(4)17-20-14(13)10(2)3/h10,12H,5-9H2,1-4H3,(H,16,19). The molecule has 0 radical (unpaired) electrons. The fourth-order valence-corrected chi connectivity index (χ4v) is 2.90. The van der Waals surface area contributed by atoms with Gasteiger partial charge >= 0.3 is 0 Å². The van der Waals surface area contributed by atoms with Gasteiger partial charge in [0.15, 0.2) is 5.76 Å². The fraction of sp³-hybridized carbons (Fsp3) is 0.733. The van der Waals surface area contributed by atoms with Gasteiger partial charge in [-0.15, -0.1) is 0 Å². The van der Waals surface area contributed by atoms with Crippen molar-refractivity contribution >= 4 is 5.91 Å². The molecule has 1 unspecified atom stereocenters. The Morgan fingerprint density at radius 3 is 2.95 bits per heavy atom. The van der Waals surface area contributed by atoms with Gasteiger partial charge in [0.25, 0.3) is 5.91 Å². The van der Waals surface area contributed by atoms with Crippen molar-refractivity contribution in [2.24, 2.45) is 0 Å². The Balaban J connectivity index is 2.00. The zero-order valence-corrected chi connectivity index (χ0v) is 12.9. The number of aryl methyl sites for hydroxylation is 1. The summed E-state index contributed by atoms with van der Waals surface area (Å²) in [6, 6.07) is 0.464. The minimum atomic E-state index is -0.0598. The first-order valence-electron chi connectivity index (χ1n) is 7.53. The van der Waals surface area contributed by atoms with Crippen LogP contribution in [0, 0.1) is 6.92 Å². The van der Waals surface area contributed by atoms with Crippen molar-refractivity contribution in [3.8, 4) is 0 Å². The minimum absolute atomic E-state index is 0.0598. The van der Waals surface area contributed by atoms with E-state index in [2.05, 4.69) is 22.3 Å². The van der Waals surface area contributed by atoms with Gasteiger partial charge in [-0.25, -0.2) is 0 Å². The Hall–Kier alpha value is -1.36. The predicted octanol–water partition coefficient (Wildman–Crippen LogP) is 2.32. The smallest absolute Gasteiger partial charge is 0.256 e. The van der Waals surface area contributed by atoms with Crippen molar-refractivity contribution in [1.82, 2.24) is 15.4 Å². The minimum Gasteiger partial charge on any atom is -0.360 e. The van der Waals surface area contributed by atoms with Crippen LogP contribution in [-0.4, -0.2) is 41.6 Å². The topological polar surface area (TPSA) is 58.4 Å². The maximum Gasteiger partial charge on any atom is 0.256 e. The zero-order valence-electron chi connectivity index (χ0n) is 12.9. The summed E-state index contributed by atoms with van der Waals surface area (Å²) in [5, 5.41) is 6.97. The number of hydrogen-bond acceptors (Lipinski definition) is 4. The SMILES string of the molecule is CCN1CCCC1CNC(=O)c1c(C)noc1C(C)C. The van der Waals surface area contributed by atoms with E-state index in [0.717, 1.165) is 19.5 Å². The van der Waals surface area contributed by atoms with Gasteiger partial charge in [-0.3, -0.25) is 9.69 Å². The molecule has 1 aromatic heterocycles. The quantitative estimate of drug-likeness (QED) is 0.898. The van der Waals surface area contributed by atoms with Crippen molar-refractivity contribution in [2.45, 2.75) is 52.5 Å². The van der Waals surface area contributed by atoms with Crippen LogP contribution in [0.25, 0.3) is 0 Å². The number of carbonyl (C=O) groups is 1. The first-order chi connectivity index (χ1) is 9.54. The largest absolute Gasteiger partial charge is 0.360 e. The third kappa shape index (κ3) is 3.03. The van der Waals surface area contributed by atoms with Gasteiger partial charge in [-0.1, -0.05) is 25.9 Å². The molecule has 1 amide bonds. The van der Waals surface area contributed by atoms with E-state index in [1.54, 1.807) is 0 Å². The molecule has 2 heterocycles. The normalized spacial score (nSPS) is 19.8. The molecule has 0 saturated carbocycles. The molecule has 1 N–H and O–H groups in total. The second kappa shape index (κ2) is 6.39. The molecule has 112 valence electrons. The maximum absolute atomic E-state index is 12.4. The van der Waals surface area contributed by atoms with E-state index in [9.17, 15) is 4.79 Å². The summed E-state index contributed by atoms with van der Waals surface area (Å²) in [6.07, 6.45) is 2.38. The number of hydrogen-bond donors (Lipinski definition) is 1. The molecule has 5 heteroatoms. The van der Waals surface area contributed by atoms with Crippen molar-refractivity contribution < 1.29 is 9.32 Å². The summed E-state index contributed by atoms with van der Waals surface area (Å²) in [7, 11) is 0. The van der Waals surface area contributed by atoms with Gasteiger partial charge in [0.2, 0.25) is 0 Å². The molecule has 1 fully saturated rings. The molecule has 0 aromatic carbocycles. The van der Waals surface area contributed by atoms with Crippen LogP contribution >= 0.6 is 0 Å². The van der Waals surface area contributed by atoms with Crippen LogP contribution in [0.2, 0.25) is 0 Å². The average Bonchev–Trinajstić information content (AvgIpc) is 3.01. The van der Waals surface area contributed by atoms with Crippen molar-refractivity contribution in [1.29, 1.82) is 0 Å². The van der Waals surface area contributed by atoms with Gasteiger partial charge in [-0.05, 0) is 32.9 Å². The highest BCUT2D eigenvalue weighted by atomic mass is 16.5. The monoisotopic (exact) mass is 279 g/mol. The lowest BCUT2D eigenvalue weighted by Crippen LogP contribution is -2.40. The molecule has 1 aliphatic rings. The van der Waals surface area contributed by atoms with Crippen LogP contribution in [0.1, 0.15) is 61.3 Å². The van der Waals surface area contributed by atoms with Gasteiger partial charge < -0.3 is 9.84 Å². The van der Waals surface area contributed by atoms with E-state index in [1.165, 1.54) is 6.42 Å². The average molecular weight is 279 g/mol. The second-order valence-corrected chi connectivity index (χ2v) is 5.80. The van der Waals surface area contributed by atoms with E-state index in [-0.39, 0.29) is 11.8 Å². The number of rotatable bonds is 5. The summed E-state index contributed by atoms with van der Waals surface area (Å²) in [4.78, 5) is 14.8. The summed E-state index contributed by atoms with van der Waals surface area (Å²) in [5.41, 5.74) is 1.28. The molecule has 0 aliphatic carbocycles. The molecule has 2 rings (SSSR count). The van der Waals surface area contributed by atoms with Gasteiger partial charge in [-0.2, -0.15) is 0 Å². The third-order valence-electron chi connectivity index (χ3n) is 4.04. The number of likely N-dealkylation sites (N-methyl/N-ethyl adjacent to an activating group) is 1. The fourth-order valence-electron chi connectivity index (χ4n) is 2.90. The Morgan fingerprint density at radius 1 is 1.55 bits per heavy atom. The van der Waals surface area contributed by atoms with Crippen molar-refractivity contribution in [3.05, 3.63) is 17.0 Å². The molecule has 5 nitrogen and oxygen atoms in total. The van der Waals surface area contributed by atoms with Gasteiger partial charge in [0.05, 0.1) is 5.69 Å². The first kappa shape index (κ1) is 15.0. The van der Waals surface area contributed by atoms with Crippen LogP contribution in [0.3, 0.4) is 0 Å². The first-order valence-corrected chi connectivity index (χ1v) is 7.53. The number of likely N-dealkylation sites (tertiary alicyclic amines) is 1. The van der Waals surface area contributed by atoms with Crippen molar-refractivity contribution in [2.75, 3.05) is 19.6 Å². The van der Waals surface area contributed by atoms with E-state index >= 15 is 0 Å². The summed E-state index contributed by atoms with van der Waals surface area (Å²) < 4.78 is 5.27. The Morgan fingerprint density at radius 2 is 2.30 bits per heavy atom. The maximum atomic E-state index is 12.4. The Labute approximate surface area is 120 Å². The molecular formula is C15H25N3O2. The zero-order chi connectivity index (χ0) is 14.7. The van der Waals surface area contributed by atoms with Crippen LogP contribution in [0.5, 0.6) is 0 Å². The molecule has 0 bridgehead atoms. The highest BCUT2D eigenvalue weighted by molar-refractivity contribution is 5.96. The third-order valence-corrected chi connectivity index (χ3v) is 4.04. The van der Waals surface area contributed by atoms with E-state index in [0.29, 0.717) is 29.6 Å². The van der Waals surface area contributed by atoms with Crippen molar-refractivity contribution in [3.63, 3.8) is 0 Å².